The second-order valence-corrected chi connectivity index (χ2v) is 2.60. The molecule has 9 heavy (non-hydrogen) atoms. The van der Waals surface area contributed by atoms with E-state index in [1.165, 1.54) is 6.42 Å². The lowest BCUT2D eigenvalue weighted by Gasteiger charge is -2.32. The summed E-state index contributed by atoms with van der Waals surface area (Å²) in [5, 5.41) is 0. The molecule has 0 heterocycles. The maximum atomic E-state index is 9.78. The first-order chi connectivity index (χ1) is 4.36. The SMILES string of the molecule is CCC1CC(OC=O)C1. The third-order valence-electron chi connectivity index (χ3n) is 2.02. The highest BCUT2D eigenvalue weighted by Gasteiger charge is 2.28. The average molecular weight is 128 g/mol. The van der Waals surface area contributed by atoms with Crippen LogP contribution in [0.15, 0.2) is 0 Å². The van der Waals surface area contributed by atoms with Crippen LogP contribution in [0.4, 0.5) is 0 Å². The molecule has 0 saturated heterocycles. The maximum Gasteiger partial charge on any atom is 0.293 e. The molecule has 0 aromatic rings. The number of hydrogen-bond acceptors (Lipinski definition) is 2. The van der Waals surface area contributed by atoms with Crippen molar-refractivity contribution in [2.24, 2.45) is 5.92 Å². The van der Waals surface area contributed by atoms with E-state index in [1.807, 2.05) is 0 Å². The van der Waals surface area contributed by atoms with E-state index in [2.05, 4.69) is 6.92 Å². The molecule has 52 valence electrons. The Bertz CT molecular complexity index is 95.1. The zero-order chi connectivity index (χ0) is 6.69. The molecule has 0 aromatic heterocycles. The molecule has 0 spiro atoms. The van der Waals surface area contributed by atoms with Crippen LogP contribution < -0.4 is 0 Å². The van der Waals surface area contributed by atoms with Crippen LogP contribution in [0.1, 0.15) is 26.2 Å². The zero-order valence-corrected chi connectivity index (χ0v) is 5.67. The Hall–Kier alpha value is -0.530. The summed E-state index contributed by atoms with van der Waals surface area (Å²) < 4.78 is 4.73. The number of hydrogen-bond donors (Lipinski definition) is 0. The molecule has 1 fully saturated rings. The first-order valence-electron chi connectivity index (χ1n) is 3.46. The summed E-state index contributed by atoms with van der Waals surface area (Å²) in [6, 6.07) is 0. The molecule has 2 nitrogen and oxygen atoms in total. The minimum Gasteiger partial charge on any atom is -0.465 e. The van der Waals surface area contributed by atoms with Crippen LogP contribution >= 0.6 is 0 Å². The Kier molecular flexibility index (Phi) is 2.09. The number of carbonyl (C=O) groups excluding carboxylic acids is 1. The summed E-state index contributed by atoms with van der Waals surface area (Å²) in [4.78, 5) is 9.78. The van der Waals surface area contributed by atoms with Gasteiger partial charge < -0.3 is 4.74 Å². The molecule has 2 heteroatoms. The summed E-state index contributed by atoms with van der Waals surface area (Å²) in [6.07, 6.45) is 3.62. The second kappa shape index (κ2) is 2.85. The van der Waals surface area contributed by atoms with E-state index < -0.39 is 0 Å². The van der Waals surface area contributed by atoms with Crippen LogP contribution in [0.2, 0.25) is 0 Å². The predicted octanol–water partition coefficient (Wildman–Crippen LogP) is 1.35. The fraction of sp³-hybridized carbons (Fsp3) is 0.857. The van der Waals surface area contributed by atoms with Crippen LogP contribution in [0.3, 0.4) is 0 Å². The van der Waals surface area contributed by atoms with Gasteiger partial charge in [0.05, 0.1) is 0 Å². The average Bonchev–Trinajstić information content (AvgIpc) is 1.77. The van der Waals surface area contributed by atoms with E-state index in [1.54, 1.807) is 0 Å². The quantitative estimate of drug-likeness (QED) is 0.536. The van der Waals surface area contributed by atoms with E-state index in [4.69, 9.17) is 4.74 Å². The van der Waals surface area contributed by atoms with E-state index in [0.717, 1.165) is 18.8 Å². The Balaban J connectivity index is 2.04. The summed E-state index contributed by atoms with van der Waals surface area (Å²) in [5.41, 5.74) is 0. The van der Waals surface area contributed by atoms with Gasteiger partial charge in [-0.3, -0.25) is 4.79 Å². The molecule has 0 N–H and O–H groups in total. The monoisotopic (exact) mass is 128 g/mol. The number of carbonyl (C=O) groups is 1. The van der Waals surface area contributed by atoms with E-state index in [-0.39, 0.29) is 6.10 Å². The van der Waals surface area contributed by atoms with Crippen molar-refractivity contribution in [2.75, 3.05) is 0 Å². The summed E-state index contributed by atoms with van der Waals surface area (Å²) in [7, 11) is 0. The van der Waals surface area contributed by atoms with Gasteiger partial charge in [0.1, 0.15) is 6.10 Å². The van der Waals surface area contributed by atoms with Crippen molar-refractivity contribution in [1.82, 2.24) is 0 Å². The van der Waals surface area contributed by atoms with Gasteiger partial charge in [-0.15, -0.1) is 0 Å². The molecule has 1 aliphatic rings. The Morgan fingerprint density at radius 3 is 2.78 bits per heavy atom. The van der Waals surface area contributed by atoms with Crippen molar-refractivity contribution in [3.05, 3.63) is 0 Å². The highest BCUT2D eigenvalue weighted by molar-refractivity contribution is 5.37. The lowest BCUT2D eigenvalue weighted by atomic mass is 9.81. The summed E-state index contributed by atoms with van der Waals surface area (Å²) >= 11 is 0. The van der Waals surface area contributed by atoms with Crippen LogP contribution in [0, 0.1) is 5.92 Å². The fourth-order valence-electron chi connectivity index (χ4n) is 1.20. The molecule has 0 aromatic carbocycles. The molecule has 0 unspecified atom stereocenters. The van der Waals surface area contributed by atoms with Crippen LogP contribution in [0.5, 0.6) is 0 Å². The summed E-state index contributed by atoms with van der Waals surface area (Å²) in [6.45, 7) is 2.72. The van der Waals surface area contributed by atoms with Crippen molar-refractivity contribution in [3.8, 4) is 0 Å². The van der Waals surface area contributed by atoms with Crippen molar-refractivity contribution >= 4 is 6.47 Å². The third-order valence-corrected chi connectivity index (χ3v) is 2.02. The molecule has 0 bridgehead atoms. The number of rotatable bonds is 3. The largest absolute Gasteiger partial charge is 0.465 e. The van der Waals surface area contributed by atoms with Gasteiger partial charge in [-0.2, -0.15) is 0 Å². The maximum absolute atomic E-state index is 9.78. The van der Waals surface area contributed by atoms with Crippen molar-refractivity contribution in [3.63, 3.8) is 0 Å². The first-order valence-corrected chi connectivity index (χ1v) is 3.46. The standard InChI is InChI=1S/C7H12O2/c1-2-6-3-7(4-6)9-5-8/h5-7H,2-4H2,1H3. The van der Waals surface area contributed by atoms with E-state index in [0.29, 0.717) is 6.47 Å². The summed E-state index contributed by atoms with van der Waals surface area (Å²) in [5.74, 6) is 0.815. The smallest absolute Gasteiger partial charge is 0.293 e. The molecule has 1 aliphatic carbocycles. The minimum absolute atomic E-state index is 0.243. The zero-order valence-electron chi connectivity index (χ0n) is 5.67. The highest BCUT2D eigenvalue weighted by Crippen LogP contribution is 2.31. The van der Waals surface area contributed by atoms with Gasteiger partial charge >= 0.3 is 0 Å². The molecular weight excluding hydrogens is 116 g/mol. The Morgan fingerprint density at radius 1 is 1.67 bits per heavy atom. The van der Waals surface area contributed by atoms with Crippen LogP contribution in [-0.4, -0.2) is 12.6 Å². The Labute approximate surface area is 55.2 Å². The fourth-order valence-corrected chi connectivity index (χ4v) is 1.20. The lowest BCUT2D eigenvalue weighted by Crippen LogP contribution is -2.30. The van der Waals surface area contributed by atoms with Gasteiger partial charge in [-0.25, -0.2) is 0 Å². The molecule has 0 amide bonds. The van der Waals surface area contributed by atoms with Crippen LogP contribution in [0.25, 0.3) is 0 Å². The minimum atomic E-state index is 0.243. The highest BCUT2D eigenvalue weighted by atomic mass is 16.5. The van der Waals surface area contributed by atoms with Gasteiger partial charge in [-0.1, -0.05) is 13.3 Å². The van der Waals surface area contributed by atoms with Gasteiger partial charge in [0, 0.05) is 0 Å². The van der Waals surface area contributed by atoms with Gasteiger partial charge in [0.15, 0.2) is 0 Å². The molecule has 0 radical (unpaired) electrons. The topological polar surface area (TPSA) is 26.3 Å². The Morgan fingerprint density at radius 2 is 2.33 bits per heavy atom. The molecule has 1 rings (SSSR count). The predicted molar refractivity (Wildman–Crippen MR) is 34.0 cm³/mol. The molecular formula is C7H12O2. The third kappa shape index (κ3) is 1.44. The number of ether oxygens (including phenoxy) is 1. The first kappa shape index (κ1) is 6.59. The van der Waals surface area contributed by atoms with Gasteiger partial charge in [-0.05, 0) is 18.8 Å². The lowest BCUT2D eigenvalue weighted by molar-refractivity contribution is -0.139. The second-order valence-electron chi connectivity index (χ2n) is 2.60. The van der Waals surface area contributed by atoms with Crippen molar-refractivity contribution < 1.29 is 9.53 Å². The van der Waals surface area contributed by atoms with E-state index >= 15 is 0 Å². The normalized spacial score (nSPS) is 33.0. The molecule has 0 atom stereocenters. The molecule has 1 saturated carbocycles. The van der Waals surface area contributed by atoms with Gasteiger partial charge in [0.2, 0.25) is 0 Å². The van der Waals surface area contributed by atoms with Crippen molar-refractivity contribution in [1.29, 1.82) is 0 Å². The van der Waals surface area contributed by atoms with Gasteiger partial charge in [0.25, 0.3) is 6.47 Å². The molecule has 0 aliphatic heterocycles. The van der Waals surface area contributed by atoms with Crippen molar-refractivity contribution in [2.45, 2.75) is 32.3 Å². The van der Waals surface area contributed by atoms with Crippen LogP contribution in [-0.2, 0) is 9.53 Å². The van der Waals surface area contributed by atoms with E-state index in [9.17, 15) is 4.79 Å².